The van der Waals surface area contributed by atoms with Crippen LogP contribution in [0.3, 0.4) is 0 Å². The Bertz CT molecular complexity index is 1210. The third-order valence-electron chi connectivity index (χ3n) is 4.23. The minimum Gasteiger partial charge on any atom is -0.361 e. The molecule has 0 saturated carbocycles. The standard InChI is InChI=1S/C18H14IN3O3S/c1-10-15(11(2)25-22-10)13-8-20-16-14(19)9-21-17(16)18(13)26(23,24)12-6-4-3-5-7-12/h3-9,21H,1-2H3. The molecule has 6 nitrogen and oxygen atoms in total. The predicted octanol–water partition coefficient (Wildman–Crippen LogP) is 4.27. The molecule has 4 rings (SSSR count). The highest BCUT2D eigenvalue weighted by molar-refractivity contribution is 14.1. The summed E-state index contributed by atoms with van der Waals surface area (Å²) in [5.74, 6) is 0.550. The van der Waals surface area contributed by atoms with Crippen LogP contribution in [0.5, 0.6) is 0 Å². The van der Waals surface area contributed by atoms with E-state index in [9.17, 15) is 8.42 Å². The third kappa shape index (κ3) is 2.55. The van der Waals surface area contributed by atoms with Crippen LogP contribution in [0.25, 0.3) is 22.2 Å². The number of aryl methyl sites for hydroxylation is 2. The van der Waals surface area contributed by atoms with Gasteiger partial charge in [-0.05, 0) is 48.6 Å². The summed E-state index contributed by atoms with van der Waals surface area (Å²) >= 11 is 2.13. The third-order valence-corrected chi connectivity index (χ3v) is 6.90. The molecular formula is C18H14IN3O3S. The van der Waals surface area contributed by atoms with Crippen molar-refractivity contribution < 1.29 is 12.9 Å². The molecule has 3 aromatic heterocycles. The second-order valence-corrected chi connectivity index (χ2v) is 8.93. The second-order valence-electron chi connectivity index (χ2n) is 5.88. The van der Waals surface area contributed by atoms with Crippen molar-refractivity contribution in [2.24, 2.45) is 0 Å². The molecular weight excluding hydrogens is 465 g/mol. The van der Waals surface area contributed by atoms with Crippen molar-refractivity contribution in [3.8, 4) is 11.1 Å². The lowest BCUT2D eigenvalue weighted by Gasteiger charge is -2.12. The number of benzene rings is 1. The highest BCUT2D eigenvalue weighted by Gasteiger charge is 2.29. The van der Waals surface area contributed by atoms with Gasteiger partial charge in [0.2, 0.25) is 9.84 Å². The van der Waals surface area contributed by atoms with Gasteiger partial charge in [0.15, 0.2) is 0 Å². The molecule has 0 amide bonds. The SMILES string of the molecule is Cc1noc(C)c1-c1cnc2c(I)c[nH]c2c1S(=O)(=O)c1ccccc1. The van der Waals surface area contributed by atoms with Gasteiger partial charge < -0.3 is 9.51 Å². The van der Waals surface area contributed by atoms with Crippen molar-refractivity contribution in [3.05, 3.63) is 57.7 Å². The van der Waals surface area contributed by atoms with Gasteiger partial charge in [-0.15, -0.1) is 0 Å². The summed E-state index contributed by atoms with van der Waals surface area (Å²) in [4.78, 5) is 7.96. The molecule has 0 radical (unpaired) electrons. The zero-order valence-electron chi connectivity index (χ0n) is 13.9. The number of hydrogen-bond donors (Lipinski definition) is 1. The summed E-state index contributed by atoms with van der Waals surface area (Å²) < 4.78 is 33.1. The highest BCUT2D eigenvalue weighted by Crippen LogP contribution is 2.39. The lowest BCUT2D eigenvalue weighted by Crippen LogP contribution is -2.06. The van der Waals surface area contributed by atoms with E-state index in [1.54, 1.807) is 56.6 Å². The number of fused-ring (bicyclic) bond motifs is 1. The van der Waals surface area contributed by atoms with E-state index in [1.807, 2.05) is 0 Å². The number of nitrogens with one attached hydrogen (secondary N) is 1. The number of rotatable bonds is 3. The van der Waals surface area contributed by atoms with E-state index in [0.717, 1.165) is 3.57 Å². The number of nitrogens with zero attached hydrogens (tertiary/aromatic N) is 2. The van der Waals surface area contributed by atoms with Crippen LogP contribution in [-0.4, -0.2) is 23.5 Å². The molecule has 0 saturated heterocycles. The first kappa shape index (κ1) is 17.2. The van der Waals surface area contributed by atoms with Crippen molar-refractivity contribution in [2.45, 2.75) is 23.6 Å². The quantitative estimate of drug-likeness (QED) is 0.444. The zero-order valence-corrected chi connectivity index (χ0v) is 16.9. The Morgan fingerprint density at radius 1 is 1.15 bits per heavy atom. The molecule has 0 aliphatic heterocycles. The normalized spacial score (nSPS) is 12.0. The Balaban J connectivity index is 2.14. The smallest absolute Gasteiger partial charge is 0.209 e. The maximum absolute atomic E-state index is 13.5. The summed E-state index contributed by atoms with van der Waals surface area (Å²) in [7, 11) is -3.79. The van der Waals surface area contributed by atoms with Crippen LogP contribution in [0.1, 0.15) is 11.5 Å². The maximum atomic E-state index is 13.5. The fourth-order valence-corrected chi connectivity index (χ4v) is 5.24. The summed E-state index contributed by atoms with van der Waals surface area (Å²) in [6.45, 7) is 3.55. The van der Waals surface area contributed by atoms with Gasteiger partial charge >= 0.3 is 0 Å². The van der Waals surface area contributed by atoms with Crippen molar-refractivity contribution in [1.82, 2.24) is 15.1 Å². The Morgan fingerprint density at radius 2 is 1.88 bits per heavy atom. The van der Waals surface area contributed by atoms with Crippen LogP contribution >= 0.6 is 22.6 Å². The monoisotopic (exact) mass is 479 g/mol. The molecule has 0 aliphatic carbocycles. The van der Waals surface area contributed by atoms with E-state index in [2.05, 4.69) is 37.7 Å². The molecule has 1 N–H and O–H groups in total. The second kappa shape index (κ2) is 6.20. The number of sulfone groups is 1. The van der Waals surface area contributed by atoms with Crippen LogP contribution in [-0.2, 0) is 9.84 Å². The molecule has 1 aromatic carbocycles. The summed E-state index contributed by atoms with van der Waals surface area (Å²) in [5.41, 5.74) is 2.86. The predicted molar refractivity (Wildman–Crippen MR) is 106 cm³/mol. The Kier molecular flexibility index (Phi) is 4.11. The number of aromatic amines is 1. The molecule has 0 aliphatic rings. The minimum absolute atomic E-state index is 0.186. The summed E-state index contributed by atoms with van der Waals surface area (Å²) in [6, 6.07) is 8.38. The van der Waals surface area contributed by atoms with Crippen molar-refractivity contribution >= 4 is 43.5 Å². The van der Waals surface area contributed by atoms with Gasteiger partial charge in [-0.1, -0.05) is 23.4 Å². The first-order valence-corrected chi connectivity index (χ1v) is 10.4. The van der Waals surface area contributed by atoms with Crippen LogP contribution in [0.15, 0.2) is 57.0 Å². The molecule has 8 heteroatoms. The summed E-state index contributed by atoms with van der Waals surface area (Å²) in [6.07, 6.45) is 3.33. The average Bonchev–Trinajstić information content (AvgIpc) is 3.17. The number of hydrogen-bond acceptors (Lipinski definition) is 5. The van der Waals surface area contributed by atoms with Crippen molar-refractivity contribution in [3.63, 3.8) is 0 Å². The van der Waals surface area contributed by atoms with E-state index >= 15 is 0 Å². The molecule has 3 heterocycles. The van der Waals surface area contributed by atoms with Gasteiger partial charge in [0.25, 0.3) is 0 Å². The van der Waals surface area contributed by atoms with Crippen LogP contribution < -0.4 is 0 Å². The summed E-state index contributed by atoms with van der Waals surface area (Å²) in [5, 5.41) is 3.96. The minimum atomic E-state index is -3.79. The van der Waals surface area contributed by atoms with E-state index < -0.39 is 9.84 Å². The van der Waals surface area contributed by atoms with Gasteiger partial charge in [-0.25, -0.2) is 8.42 Å². The fraction of sp³-hybridized carbons (Fsp3) is 0.111. The number of H-pyrrole nitrogens is 1. The highest BCUT2D eigenvalue weighted by atomic mass is 127. The first-order valence-electron chi connectivity index (χ1n) is 7.80. The van der Waals surface area contributed by atoms with Gasteiger partial charge in [0.1, 0.15) is 16.2 Å². The number of aromatic nitrogens is 3. The zero-order chi connectivity index (χ0) is 18.5. The number of halogens is 1. The molecule has 0 unspecified atom stereocenters. The Hall–Kier alpha value is -2.20. The molecule has 0 fully saturated rings. The largest absolute Gasteiger partial charge is 0.361 e. The van der Waals surface area contributed by atoms with Crippen LogP contribution in [0.2, 0.25) is 0 Å². The van der Waals surface area contributed by atoms with Gasteiger partial charge in [-0.2, -0.15) is 0 Å². The topological polar surface area (TPSA) is 88.8 Å². The van der Waals surface area contributed by atoms with Crippen molar-refractivity contribution in [1.29, 1.82) is 0 Å². The van der Waals surface area contributed by atoms with Gasteiger partial charge in [0.05, 0.1) is 25.2 Å². The van der Waals surface area contributed by atoms with Gasteiger partial charge in [0, 0.05) is 18.0 Å². The van der Waals surface area contributed by atoms with Crippen LogP contribution in [0.4, 0.5) is 0 Å². The Morgan fingerprint density at radius 3 is 2.54 bits per heavy atom. The first-order chi connectivity index (χ1) is 12.4. The lowest BCUT2D eigenvalue weighted by molar-refractivity contribution is 0.393. The fourth-order valence-electron chi connectivity index (χ4n) is 3.06. The molecule has 0 bridgehead atoms. The average molecular weight is 479 g/mol. The van der Waals surface area contributed by atoms with Gasteiger partial charge in [-0.3, -0.25) is 4.98 Å². The number of pyridine rings is 1. The molecule has 26 heavy (non-hydrogen) atoms. The van der Waals surface area contributed by atoms with E-state index in [0.29, 0.717) is 33.6 Å². The molecule has 0 atom stereocenters. The van der Waals surface area contributed by atoms with Crippen LogP contribution in [0, 0.1) is 17.4 Å². The van der Waals surface area contributed by atoms with E-state index in [-0.39, 0.29) is 9.79 Å². The lowest BCUT2D eigenvalue weighted by atomic mass is 10.1. The molecule has 0 spiro atoms. The van der Waals surface area contributed by atoms with E-state index in [4.69, 9.17) is 4.52 Å². The molecule has 132 valence electrons. The Labute approximate surface area is 163 Å². The maximum Gasteiger partial charge on any atom is 0.209 e. The molecule has 4 aromatic rings. The van der Waals surface area contributed by atoms with Crippen molar-refractivity contribution in [2.75, 3.05) is 0 Å². The van der Waals surface area contributed by atoms with E-state index in [1.165, 1.54) is 0 Å².